The van der Waals surface area contributed by atoms with Gasteiger partial charge in [-0.25, -0.2) is 4.21 Å². The number of benzene rings is 1. The fourth-order valence-corrected chi connectivity index (χ4v) is 2.25. The molecule has 1 atom stereocenters. The minimum absolute atomic E-state index is 0. The Morgan fingerprint density at radius 2 is 1.92 bits per heavy atom. The third-order valence-electron chi connectivity index (χ3n) is 1.08. The summed E-state index contributed by atoms with van der Waals surface area (Å²) in [6, 6.07) is 5.11. The van der Waals surface area contributed by atoms with E-state index in [9.17, 15) is 4.21 Å². The minimum atomic E-state index is -1.93. The Morgan fingerprint density at radius 3 is 2.33 bits per heavy atom. The molecule has 1 radical (unpaired) electrons. The molecule has 6 heteroatoms. The average Bonchev–Trinajstić information content (AvgIpc) is 1.94. The Kier molecular flexibility index (Phi) is 6.54. The van der Waals surface area contributed by atoms with E-state index in [1.165, 1.54) is 0 Å². The van der Waals surface area contributed by atoms with Gasteiger partial charge in [-0.05, 0) is 34.1 Å². The zero-order valence-electron chi connectivity index (χ0n) is 6.25. The molecule has 0 aromatic heterocycles. The molecule has 0 saturated heterocycles. The van der Waals surface area contributed by atoms with Crippen LogP contribution in [0, 0.1) is 0 Å². The van der Waals surface area contributed by atoms with Crippen LogP contribution in [0.25, 0.3) is 0 Å². The van der Waals surface area contributed by atoms with Crippen molar-refractivity contribution in [3.8, 4) is 0 Å². The summed E-state index contributed by atoms with van der Waals surface area (Å²) in [4.78, 5) is 0.374. The first kappa shape index (κ1) is 13.3. The van der Waals surface area contributed by atoms with Crippen LogP contribution in [-0.2, 0) is 11.1 Å². The molecule has 0 amide bonds. The average molecular weight is 323 g/mol. The van der Waals surface area contributed by atoms with Gasteiger partial charge >= 0.3 is 0 Å². The van der Waals surface area contributed by atoms with E-state index in [4.69, 9.17) is 4.55 Å². The Labute approximate surface area is 112 Å². The van der Waals surface area contributed by atoms with Crippen molar-refractivity contribution in [2.75, 3.05) is 0 Å². The van der Waals surface area contributed by atoms with Gasteiger partial charge in [-0.2, -0.15) is 0 Å². The molecule has 1 rings (SSSR count). The van der Waals surface area contributed by atoms with Gasteiger partial charge in [0, 0.05) is 38.5 Å². The molecule has 0 aliphatic carbocycles. The van der Waals surface area contributed by atoms with E-state index in [1.807, 2.05) is 0 Å². The Balaban J connectivity index is 0.00000121. The number of rotatable bonds is 1. The Bertz CT molecular complexity index is 306. The van der Waals surface area contributed by atoms with Gasteiger partial charge in [0.1, 0.15) is 0 Å². The normalized spacial score (nSPS) is 11.9. The van der Waals surface area contributed by atoms with Crippen LogP contribution in [0.4, 0.5) is 0 Å². The van der Waals surface area contributed by atoms with Gasteiger partial charge in [-0.3, -0.25) is 0 Å². The molecule has 1 unspecified atom stereocenters. The first-order valence-electron chi connectivity index (χ1n) is 2.67. The maximum atomic E-state index is 10.6. The molecular formula is C6H4Br2NaO2S. The van der Waals surface area contributed by atoms with E-state index >= 15 is 0 Å². The van der Waals surface area contributed by atoms with Crippen LogP contribution in [0.1, 0.15) is 0 Å². The fourth-order valence-electron chi connectivity index (χ4n) is 0.611. The van der Waals surface area contributed by atoms with Gasteiger partial charge in [-0.15, -0.1) is 0 Å². The predicted molar refractivity (Wildman–Crippen MR) is 56.6 cm³/mol. The van der Waals surface area contributed by atoms with Gasteiger partial charge in [0.2, 0.25) is 0 Å². The summed E-state index contributed by atoms with van der Waals surface area (Å²) in [5, 5.41) is 0. The molecular weight excluding hydrogens is 319 g/mol. The smallest absolute Gasteiger partial charge is 0.187 e. The molecule has 2 nitrogen and oxygen atoms in total. The van der Waals surface area contributed by atoms with Crippen molar-refractivity contribution < 1.29 is 8.76 Å². The molecule has 0 heterocycles. The van der Waals surface area contributed by atoms with Crippen LogP contribution in [0.15, 0.2) is 32.0 Å². The summed E-state index contributed by atoms with van der Waals surface area (Å²) < 4.78 is 20.8. The van der Waals surface area contributed by atoms with E-state index in [0.29, 0.717) is 9.37 Å². The van der Waals surface area contributed by atoms with E-state index < -0.39 is 11.1 Å². The Hall–Kier alpha value is 1.29. The summed E-state index contributed by atoms with van der Waals surface area (Å²) in [5.41, 5.74) is 0. The monoisotopic (exact) mass is 321 g/mol. The second-order valence-electron chi connectivity index (χ2n) is 1.82. The van der Waals surface area contributed by atoms with Crippen molar-refractivity contribution in [3.05, 3.63) is 27.1 Å². The SMILES string of the molecule is O=S(O)c1cc(Br)ccc1Br.[Na]. The van der Waals surface area contributed by atoms with Gasteiger partial charge in [0.15, 0.2) is 11.1 Å². The van der Waals surface area contributed by atoms with Gasteiger partial charge in [-0.1, -0.05) is 15.9 Å². The largest absolute Gasteiger partial charge is 0.302 e. The van der Waals surface area contributed by atoms with Crippen LogP contribution in [0.3, 0.4) is 0 Å². The molecule has 1 N–H and O–H groups in total. The van der Waals surface area contributed by atoms with Crippen molar-refractivity contribution in [2.45, 2.75) is 4.90 Å². The molecule has 0 fully saturated rings. The van der Waals surface area contributed by atoms with Crippen molar-refractivity contribution in [1.29, 1.82) is 0 Å². The number of hydrogen-bond acceptors (Lipinski definition) is 1. The standard InChI is InChI=1S/C6H4Br2O2S.Na/c7-4-1-2-5(8)6(3-4)11(9)10;/h1-3H,(H,9,10);. The van der Waals surface area contributed by atoms with E-state index in [1.54, 1.807) is 18.2 Å². The summed E-state index contributed by atoms with van der Waals surface area (Å²) in [5.74, 6) is 0. The Morgan fingerprint density at radius 1 is 1.33 bits per heavy atom. The van der Waals surface area contributed by atoms with Crippen LogP contribution in [-0.4, -0.2) is 38.3 Å². The van der Waals surface area contributed by atoms with Crippen molar-refractivity contribution in [3.63, 3.8) is 0 Å². The summed E-state index contributed by atoms with van der Waals surface area (Å²) >= 11 is 4.43. The quantitative estimate of drug-likeness (QED) is 0.637. The van der Waals surface area contributed by atoms with Crippen LogP contribution >= 0.6 is 31.9 Å². The molecule has 0 aliphatic heterocycles. The number of halogens is 2. The van der Waals surface area contributed by atoms with Gasteiger partial charge in [0.25, 0.3) is 0 Å². The maximum Gasteiger partial charge on any atom is 0.187 e. The van der Waals surface area contributed by atoms with Crippen molar-refractivity contribution in [2.24, 2.45) is 0 Å². The molecule has 1 aromatic carbocycles. The van der Waals surface area contributed by atoms with Crippen LogP contribution in [0.2, 0.25) is 0 Å². The molecule has 1 aromatic rings. The minimum Gasteiger partial charge on any atom is -0.302 e. The molecule has 0 aliphatic rings. The third kappa shape index (κ3) is 3.57. The van der Waals surface area contributed by atoms with E-state index in [2.05, 4.69) is 31.9 Å². The van der Waals surface area contributed by atoms with Gasteiger partial charge < -0.3 is 4.55 Å². The molecule has 0 saturated carbocycles. The predicted octanol–water partition coefficient (Wildman–Crippen LogP) is 2.41. The zero-order chi connectivity index (χ0) is 8.43. The first-order chi connectivity index (χ1) is 5.11. The molecule has 61 valence electrons. The molecule has 12 heavy (non-hydrogen) atoms. The molecule has 0 spiro atoms. The maximum absolute atomic E-state index is 10.6. The van der Waals surface area contributed by atoms with Crippen molar-refractivity contribution >= 4 is 72.5 Å². The summed E-state index contributed by atoms with van der Waals surface area (Å²) in [7, 11) is 0. The van der Waals surface area contributed by atoms with Crippen molar-refractivity contribution in [1.82, 2.24) is 0 Å². The van der Waals surface area contributed by atoms with Crippen LogP contribution in [0.5, 0.6) is 0 Å². The second-order valence-corrected chi connectivity index (χ2v) is 4.53. The zero-order valence-corrected chi connectivity index (χ0v) is 12.2. The summed E-state index contributed by atoms with van der Waals surface area (Å²) in [6.45, 7) is 0. The fraction of sp³-hybridized carbons (Fsp3) is 0. The van der Waals surface area contributed by atoms with E-state index in [0.717, 1.165) is 4.47 Å². The van der Waals surface area contributed by atoms with Crippen LogP contribution < -0.4 is 0 Å². The van der Waals surface area contributed by atoms with E-state index in [-0.39, 0.29) is 29.6 Å². The topological polar surface area (TPSA) is 37.3 Å². The third-order valence-corrected chi connectivity index (χ3v) is 3.24. The second kappa shape index (κ2) is 5.90. The number of hydrogen-bond donors (Lipinski definition) is 1. The summed E-state index contributed by atoms with van der Waals surface area (Å²) in [6.07, 6.45) is 0. The van der Waals surface area contributed by atoms with Gasteiger partial charge in [0.05, 0.1) is 4.90 Å². The molecule has 0 bridgehead atoms. The first-order valence-corrected chi connectivity index (χ1v) is 5.36.